The van der Waals surface area contributed by atoms with Gasteiger partial charge in [-0.15, -0.1) is 0 Å². The quantitative estimate of drug-likeness (QED) is 0.691. The summed E-state index contributed by atoms with van der Waals surface area (Å²) in [5, 5.41) is 6.55. The van der Waals surface area contributed by atoms with Crippen molar-refractivity contribution in [3.63, 3.8) is 0 Å². The first-order chi connectivity index (χ1) is 12.7. The molecule has 6 heteroatoms. The first-order valence-electron chi connectivity index (χ1n) is 8.38. The molecule has 0 radical (unpaired) electrons. The fourth-order valence-electron chi connectivity index (χ4n) is 2.31. The second-order valence-electron chi connectivity index (χ2n) is 5.58. The number of hydrogen-bond acceptors (Lipinski definition) is 5. The van der Waals surface area contributed by atoms with E-state index in [1.807, 2.05) is 61.5 Å². The Balaban J connectivity index is 1.56. The van der Waals surface area contributed by atoms with E-state index in [0.29, 0.717) is 24.6 Å². The minimum atomic E-state index is -0.481. The minimum absolute atomic E-state index is 0.0388. The number of ether oxygens (including phenoxy) is 2. The summed E-state index contributed by atoms with van der Waals surface area (Å²) in [5.74, 6) is 1.26. The number of alkyl carbamates (subject to hydrolysis) is 1. The van der Waals surface area contributed by atoms with E-state index >= 15 is 0 Å². The Kier molecular flexibility index (Phi) is 5.88. The van der Waals surface area contributed by atoms with Crippen molar-refractivity contribution in [1.82, 2.24) is 10.5 Å². The standard InChI is InChI=1S/C20H20N2O4/c1-2-21-20(23)25-14-18-12-19(22-26-18)16-8-10-17(11-9-16)24-13-15-6-4-3-5-7-15/h3-12H,2,13-14H2,1H3,(H,21,23). The van der Waals surface area contributed by atoms with Crippen LogP contribution in [-0.2, 0) is 18.0 Å². The third kappa shape index (κ3) is 4.86. The summed E-state index contributed by atoms with van der Waals surface area (Å²) < 4.78 is 16.0. The van der Waals surface area contributed by atoms with E-state index in [2.05, 4.69) is 10.5 Å². The molecule has 134 valence electrons. The van der Waals surface area contributed by atoms with E-state index in [-0.39, 0.29) is 6.61 Å². The first kappa shape index (κ1) is 17.5. The predicted molar refractivity (Wildman–Crippen MR) is 96.6 cm³/mol. The molecule has 0 bridgehead atoms. The van der Waals surface area contributed by atoms with Gasteiger partial charge in [0.15, 0.2) is 12.4 Å². The zero-order valence-electron chi connectivity index (χ0n) is 14.5. The van der Waals surface area contributed by atoms with Crippen LogP contribution >= 0.6 is 0 Å². The zero-order valence-corrected chi connectivity index (χ0v) is 14.5. The highest BCUT2D eigenvalue weighted by atomic mass is 16.6. The third-order valence-corrected chi connectivity index (χ3v) is 3.62. The molecule has 0 atom stereocenters. The molecule has 6 nitrogen and oxygen atoms in total. The normalized spacial score (nSPS) is 10.3. The van der Waals surface area contributed by atoms with Crippen molar-refractivity contribution in [1.29, 1.82) is 0 Å². The van der Waals surface area contributed by atoms with Gasteiger partial charge in [-0.3, -0.25) is 0 Å². The lowest BCUT2D eigenvalue weighted by atomic mass is 10.1. The summed E-state index contributed by atoms with van der Waals surface area (Å²) in [6.07, 6.45) is -0.481. The van der Waals surface area contributed by atoms with Gasteiger partial charge >= 0.3 is 6.09 Å². The minimum Gasteiger partial charge on any atom is -0.489 e. The topological polar surface area (TPSA) is 73.6 Å². The molecule has 3 aromatic rings. The van der Waals surface area contributed by atoms with Gasteiger partial charge in [-0.25, -0.2) is 4.79 Å². The molecule has 1 aromatic heterocycles. The molecule has 0 spiro atoms. The summed E-state index contributed by atoms with van der Waals surface area (Å²) in [6, 6.07) is 19.3. The van der Waals surface area contributed by atoms with Crippen LogP contribution < -0.4 is 10.1 Å². The number of amides is 1. The molecular weight excluding hydrogens is 332 g/mol. The van der Waals surface area contributed by atoms with Gasteiger partial charge in [0.25, 0.3) is 0 Å². The number of rotatable bonds is 7. The first-order valence-corrected chi connectivity index (χ1v) is 8.38. The van der Waals surface area contributed by atoms with E-state index in [1.54, 1.807) is 6.07 Å². The van der Waals surface area contributed by atoms with Gasteiger partial charge in [-0.1, -0.05) is 35.5 Å². The summed E-state index contributed by atoms with van der Waals surface area (Å²) in [5.41, 5.74) is 2.68. The second-order valence-corrected chi connectivity index (χ2v) is 5.58. The number of nitrogens with zero attached hydrogens (tertiary/aromatic N) is 1. The average Bonchev–Trinajstić information content (AvgIpc) is 3.15. The fourth-order valence-corrected chi connectivity index (χ4v) is 2.31. The molecule has 0 saturated carbocycles. The van der Waals surface area contributed by atoms with Crippen LogP contribution in [0, 0.1) is 0 Å². The lowest BCUT2D eigenvalue weighted by Gasteiger charge is -2.06. The van der Waals surface area contributed by atoms with Crippen molar-refractivity contribution in [2.75, 3.05) is 6.54 Å². The zero-order chi connectivity index (χ0) is 18.2. The largest absolute Gasteiger partial charge is 0.489 e. The number of carbonyl (C=O) groups is 1. The van der Waals surface area contributed by atoms with Crippen molar-refractivity contribution >= 4 is 6.09 Å². The molecule has 0 aliphatic rings. The van der Waals surface area contributed by atoms with Crippen molar-refractivity contribution in [3.8, 4) is 17.0 Å². The highest BCUT2D eigenvalue weighted by Gasteiger charge is 2.09. The van der Waals surface area contributed by atoms with E-state index in [4.69, 9.17) is 14.0 Å². The van der Waals surface area contributed by atoms with Gasteiger partial charge in [0, 0.05) is 18.2 Å². The van der Waals surface area contributed by atoms with Crippen molar-refractivity contribution in [2.45, 2.75) is 20.1 Å². The van der Waals surface area contributed by atoms with E-state index in [0.717, 1.165) is 16.9 Å². The highest BCUT2D eigenvalue weighted by molar-refractivity contribution is 5.67. The lowest BCUT2D eigenvalue weighted by Crippen LogP contribution is -2.23. The molecule has 0 unspecified atom stereocenters. The SMILES string of the molecule is CCNC(=O)OCc1cc(-c2ccc(OCc3ccccc3)cc2)no1. The summed E-state index contributed by atoms with van der Waals surface area (Å²) in [7, 11) is 0. The maximum atomic E-state index is 11.3. The monoisotopic (exact) mass is 352 g/mol. The Morgan fingerprint density at radius 3 is 2.58 bits per heavy atom. The fraction of sp³-hybridized carbons (Fsp3) is 0.200. The van der Waals surface area contributed by atoms with Crippen LogP contribution in [0.1, 0.15) is 18.2 Å². The summed E-state index contributed by atoms with van der Waals surface area (Å²) >= 11 is 0. The molecule has 1 heterocycles. The average molecular weight is 352 g/mol. The molecule has 2 aromatic carbocycles. The number of nitrogens with one attached hydrogen (secondary N) is 1. The number of hydrogen-bond donors (Lipinski definition) is 1. The maximum absolute atomic E-state index is 11.3. The second kappa shape index (κ2) is 8.71. The molecule has 1 N–H and O–H groups in total. The van der Waals surface area contributed by atoms with Gasteiger partial charge in [0.05, 0.1) is 0 Å². The Bertz CT molecular complexity index is 829. The summed E-state index contributed by atoms with van der Waals surface area (Å²) in [6.45, 7) is 2.89. The van der Waals surface area contributed by atoms with Crippen LogP contribution in [0.3, 0.4) is 0 Å². The molecular formula is C20H20N2O4. The van der Waals surface area contributed by atoms with Crippen LogP contribution in [0.25, 0.3) is 11.3 Å². The van der Waals surface area contributed by atoms with Gasteiger partial charge < -0.3 is 19.3 Å². The van der Waals surface area contributed by atoms with Crippen molar-refractivity contribution in [3.05, 3.63) is 72.0 Å². The Labute approximate surface area is 151 Å². The molecule has 3 rings (SSSR count). The smallest absolute Gasteiger partial charge is 0.407 e. The maximum Gasteiger partial charge on any atom is 0.407 e. The predicted octanol–water partition coefficient (Wildman–Crippen LogP) is 4.17. The molecule has 0 aliphatic carbocycles. The van der Waals surface area contributed by atoms with E-state index < -0.39 is 6.09 Å². The molecule has 0 saturated heterocycles. The van der Waals surface area contributed by atoms with Gasteiger partial charge in [-0.2, -0.15) is 0 Å². The molecule has 1 amide bonds. The Morgan fingerprint density at radius 1 is 1.08 bits per heavy atom. The van der Waals surface area contributed by atoms with Crippen LogP contribution in [0.15, 0.2) is 65.2 Å². The van der Waals surface area contributed by atoms with Crippen LogP contribution in [-0.4, -0.2) is 17.8 Å². The summed E-state index contributed by atoms with van der Waals surface area (Å²) in [4.78, 5) is 11.3. The lowest BCUT2D eigenvalue weighted by molar-refractivity contribution is 0.128. The van der Waals surface area contributed by atoms with Gasteiger partial charge in [0.2, 0.25) is 0 Å². The van der Waals surface area contributed by atoms with E-state index in [1.165, 1.54) is 0 Å². The van der Waals surface area contributed by atoms with Crippen molar-refractivity contribution < 1.29 is 18.8 Å². The van der Waals surface area contributed by atoms with E-state index in [9.17, 15) is 4.79 Å². The number of carbonyl (C=O) groups excluding carboxylic acids is 1. The highest BCUT2D eigenvalue weighted by Crippen LogP contribution is 2.23. The van der Waals surface area contributed by atoms with Crippen LogP contribution in [0.5, 0.6) is 5.75 Å². The van der Waals surface area contributed by atoms with Crippen LogP contribution in [0.2, 0.25) is 0 Å². The van der Waals surface area contributed by atoms with Gasteiger partial charge in [0.1, 0.15) is 18.1 Å². The number of benzene rings is 2. The van der Waals surface area contributed by atoms with Crippen LogP contribution in [0.4, 0.5) is 4.79 Å². The van der Waals surface area contributed by atoms with Gasteiger partial charge in [-0.05, 0) is 36.8 Å². The molecule has 26 heavy (non-hydrogen) atoms. The number of aromatic nitrogens is 1. The Hall–Kier alpha value is -3.28. The van der Waals surface area contributed by atoms with Crippen molar-refractivity contribution in [2.24, 2.45) is 0 Å². The molecule has 0 fully saturated rings. The molecule has 0 aliphatic heterocycles. The Morgan fingerprint density at radius 2 is 1.85 bits per heavy atom. The third-order valence-electron chi connectivity index (χ3n) is 3.62.